The first-order valence-corrected chi connectivity index (χ1v) is 6.23. The van der Waals surface area contributed by atoms with Crippen LogP contribution in [0, 0.1) is 0 Å². The minimum Gasteiger partial charge on any atom is -0.472 e. The average molecular weight is 222 g/mol. The van der Waals surface area contributed by atoms with E-state index in [0.717, 1.165) is 6.54 Å². The number of rotatable bonds is 4. The van der Waals surface area contributed by atoms with Gasteiger partial charge in [0, 0.05) is 24.2 Å². The van der Waals surface area contributed by atoms with Gasteiger partial charge in [-0.3, -0.25) is 0 Å². The maximum atomic E-state index is 5.10. The van der Waals surface area contributed by atoms with Crippen molar-refractivity contribution in [2.45, 2.75) is 38.3 Å². The lowest BCUT2D eigenvalue weighted by atomic mass is 10.0. The number of likely N-dealkylation sites (N-methyl/N-ethyl adjacent to an activating group) is 1. The molecule has 16 heavy (non-hydrogen) atoms. The Bertz CT molecular complexity index is 297. The molecule has 90 valence electrons. The topological polar surface area (TPSA) is 28.4 Å². The molecule has 3 nitrogen and oxygen atoms in total. The molecule has 0 spiro atoms. The monoisotopic (exact) mass is 222 g/mol. The Morgan fingerprint density at radius 1 is 1.56 bits per heavy atom. The maximum absolute atomic E-state index is 5.10. The summed E-state index contributed by atoms with van der Waals surface area (Å²) < 4.78 is 5.10. The maximum Gasteiger partial charge on any atom is 0.0950 e. The van der Waals surface area contributed by atoms with Crippen LogP contribution in [0.25, 0.3) is 0 Å². The molecule has 0 bridgehead atoms. The third-order valence-corrected chi connectivity index (χ3v) is 3.62. The molecule has 2 unspecified atom stereocenters. The van der Waals surface area contributed by atoms with Gasteiger partial charge in [0.2, 0.25) is 0 Å². The van der Waals surface area contributed by atoms with Crippen molar-refractivity contribution < 1.29 is 4.42 Å². The van der Waals surface area contributed by atoms with Crippen LogP contribution in [0.4, 0.5) is 0 Å². The van der Waals surface area contributed by atoms with Gasteiger partial charge in [-0.1, -0.05) is 6.42 Å². The third-order valence-electron chi connectivity index (χ3n) is 3.62. The fourth-order valence-corrected chi connectivity index (χ4v) is 2.35. The molecule has 0 saturated carbocycles. The summed E-state index contributed by atoms with van der Waals surface area (Å²) in [5.41, 5.74) is 1.23. The zero-order chi connectivity index (χ0) is 11.4. The van der Waals surface area contributed by atoms with Gasteiger partial charge >= 0.3 is 0 Å². The Morgan fingerprint density at radius 2 is 2.44 bits per heavy atom. The lowest BCUT2D eigenvalue weighted by Crippen LogP contribution is -2.43. The second kappa shape index (κ2) is 5.51. The summed E-state index contributed by atoms with van der Waals surface area (Å²) in [6.07, 6.45) is 7.60. The highest BCUT2D eigenvalue weighted by Gasteiger charge is 2.19. The summed E-state index contributed by atoms with van der Waals surface area (Å²) in [7, 11) is 2.23. The normalized spacial score (nSPS) is 24.5. The quantitative estimate of drug-likeness (QED) is 0.848. The van der Waals surface area contributed by atoms with Gasteiger partial charge in [-0.2, -0.15) is 0 Å². The summed E-state index contributed by atoms with van der Waals surface area (Å²) in [5.74, 6) is 0. The number of hydrogen-bond donors (Lipinski definition) is 1. The van der Waals surface area contributed by atoms with E-state index in [9.17, 15) is 0 Å². The predicted octanol–water partition coefficient (Wildman–Crippen LogP) is 2.41. The van der Waals surface area contributed by atoms with Crippen molar-refractivity contribution in [3.63, 3.8) is 0 Å². The molecule has 2 heterocycles. The molecule has 0 aliphatic carbocycles. The molecule has 1 saturated heterocycles. The fourth-order valence-electron chi connectivity index (χ4n) is 2.35. The molecule has 1 fully saturated rings. The van der Waals surface area contributed by atoms with Crippen molar-refractivity contribution in [2.75, 3.05) is 20.1 Å². The predicted molar refractivity (Wildman–Crippen MR) is 65.4 cm³/mol. The van der Waals surface area contributed by atoms with Gasteiger partial charge in [0.1, 0.15) is 0 Å². The van der Waals surface area contributed by atoms with Crippen molar-refractivity contribution in [2.24, 2.45) is 0 Å². The second-order valence-electron chi connectivity index (χ2n) is 4.82. The Labute approximate surface area is 97.8 Å². The van der Waals surface area contributed by atoms with E-state index in [4.69, 9.17) is 4.42 Å². The molecule has 2 atom stereocenters. The summed E-state index contributed by atoms with van der Waals surface area (Å²) in [5, 5.41) is 3.58. The van der Waals surface area contributed by atoms with Crippen LogP contribution in [-0.4, -0.2) is 31.1 Å². The molecule has 0 aromatic carbocycles. The van der Waals surface area contributed by atoms with Crippen LogP contribution < -0.4 is 5.32 Å². The highest BCUT2D eigenvalue weighted by Crippen LogP contribution is 2.16. The lowest BCUT2D eigenvalue weighted by Gasteiger charge is -2.33. The first-order valence-electron chi connectivity index (χ1n) is 6.23. The van der Waals surface area contributed by atoms with E-state index in [1.807, 2.05) is 12.3 Å². The van der Waals surface area contributed by atoms with Crippen LogP contribution >= 0.6 is 0 Å². The zero-order valence-corrected chi connectivity index (χ0v) is 10.3. The first kappa shape index (κ1) is 11.7. The fraction of sp³-hybridized carbons (Fsp3) is 0.692. The van der Waals surface area contributed by atoms with E-state index in [0.29, 0.717) is 12.1 Å². The van der Waals surface area contributed by atoms with Crippen LogP contribution in [0.2, 0.25) is 0 Å². The van der Waals surface area contributed by atoms with E-state index in [1.54, 1.807) is 6.26 Å². The van der Waals surface area contributed by atoms with E-state index in [-0.39, 0.29) is 0 Å². The van der Waals surface area contributed by atoms with Crippen molar-refractivity contribution in [1.82, 2.24) is 10.2 Å². The SMILES string of the molecule is CC(NCC1CCCCN1C)c1ccoc1. The van der Waals surface area contributed by atoms with Gasteiger partial charge in [0.15, 0.2) is 0 Å². The van der Waals surface area contributed by atoms with Crippen LogP contribution in [0.1, 0.15) is 37.8 Å². The van der Waals surface area contributed by atoms with Gasteiger partial charge in [-0.25, -0.2) is 0 Å². The van der Waals surface area contributed by atoms with Crippen LogP contribution in [0.3, 0.4) is 0 Å². The molecule has 1 N–H and O–H groups in total. The summed E-state index contributed by atoms with van der Waals surface area (Å²) in [6, 6.07) is 3.11. The van der Waals surface area contributed by atoms with E-state index >= 15 is 0 Å². The minimum atomic E-state index is 0.383. The molecule has 3 heteroatoms. The van der Waals surface area contributed by atoms with Crippen molar-refractivity contribution >= 4 is 0 Å². The molecule has 1 aromatic rings. The Morgan fingerprint density at radius 3 is 3.12 bits per heavy atom. The molecule has 0 radical (unpaired) electrons. The summed E-state index contributed by atoms with van der Waals surface area (Å²) >= 11 is 0. The van der Waals surface area contributed by atoms with Gasteiger partial charge in [-0.15, -0.1) is 0 Å². The van der Waals surface area contributed by atoms with Gasteiger partial charge in [0.05, 0.1) is 12.5 Å². The second-order valence-corrected chi connectivity index (χ2v) is 4.82. The van der Waals surface area contributed by atoms with Crippen molar-refractivity contribution in [3.05, 3.63) is 24.2 Å². The summed E-state index contributed by atoms with van der Waals surface area (Å²) in [4.78, 5) is 2.47. The van der Waals surface area contributed by atoms with Crippen LogP contribution in [0.5, 0.6) is 0 Å². The molecule has 0 amide bonds. The first-order chi connectivity index (χ1) is 7.77. The minimum absolute atomic E-state index is 0.383. The Balaban J connectivity index is 1.78. The Hall–Kier alpha value is -0.800. The lowest BCUT2D eigenvalue weighted by molar-refractivity contribution is 0.178. The highest BCUT2D eigenvalue weighted by molar-refractivity contribution is 5.10. The van der Waals surface area contributed by atoms with Crippen molar-refractivity contribution in [3.8, 4) is 0 Å². The average Bonchev–Trinajstić information content (AvgIpc) is 2.81. The number of piperidine rings is 1. The smallest absolute Gasteiger partial charge is 0.0950 e. The third kappa shape index (κ3) is 2.86. The molecular formula is C13H22N2O. The number of furan rings is 1. The van der Waals surface area contributed by atoms with Crippen molar-refractivity contribution in [1.29, 1.82) is 0 Å². The molecule has 1 aromatic heterocycles. The van der Waals surface area contributed by atoms with E-state index < -0.39 is 0 Å². The molecule has 2 rings (SSSR count). The largest absolute Gasteiger partial charge is 0.472 e. The number of nitrogens with one attached hydrogen (secondary N) is 1. The molecular weight excluding hydrogens is 200 g/mol. The summed E-state index contributed by atoms with van der Waals surface area (Å²) in [6.45, 7) is 4.50. The van der Waals surface area contributed by atoms with Crippen LogP contribution in [0.15, 0.2) is 23.0 Å². The Kier molecular flexibility index (Phi) is 4.02. The van der Waals surface area contributed by atoms with Gasteiger partial charge in [0.25, 0.3) is 0 Å². The van der Waals surface area contributed by atoms with Crippen LogP contribution in [-0.2, 0) is 0 Å². The zero-order valence-electron chi connectivity index (χ0n) is 10.3. The number of likely N-dealkylation sites (tertiary alicyclic amines) is 1. The molecule has 1 aliphatic heterocycles. The van der Waals surface area contributed by atoms with Gasteiger partial charge in [-0.05, 0) is 39.4 Å². The van der Waals surface area contributed by atoms with Gasteiger partial charge < -0.3 is 14.6 Å². The van der Waals surface area contributed by atoms with E-state index in [1.165, 1.54) is 31.4 Å². The standard InChI is InChI=1S/C13H22N2O/c1-11(12-6-8-16-10-12)14-9-13-5-3-4-7-15(13)2/h6,8,10-11,13-14H,3-5,7,9H2,1-2H3. The highest BCUT2D eigenvalue weighted by atomic mass is 16.3. The van der Waals surface area contributed by atoms with E-state index in [2.05, 4.69) is 24.2 Å². The molecule has 1 aliphatic rings. The number of hydrogen-bond acceptors (Lipinski definition) is 3. The number of nitrogens with zero attached hydrogens (tertiary/aromatic N) is 1.